The van der Waals surface area contributed by atoms with Gasteiger partial charge in [0.1, 0.15) is 30.3 Å². The number of rotatable bonds is 2. The van der Waals surface area contributed by atoms with Gasteiger partial charge in [0.15, 0.2) is 0 Å². The van der Waals surface area contributed by atoms with Gasteiger partial charge in [0.05, 0.1) is 18.6 Å². The normalized spacial score (nSPS) is 25.5. The molecule has 4 heterocycles. The number of amidine groups is 1. The number of aliphatic imine (C=N–C) groups is 1. The Labute approximate surface area is 144 Å². The van der Waals surface area contributed by atoms with Gasteiger partial charge in [-0.15, -0.1) is 0 Å². The fourth-order valence-corrected chi connectivity index (χ4v) is 3.77. The Morgan fingerprint density at radius 3 is 2.64 bits per heavy atom. The van der Waals surface area contributed by atoms with Gasteiger partial charge in [0.25, 0.3) is 6.02 Å². The summed E-state index contributed by atoms with van der Waals surface area (Å²) in [4.78, 5) is 9.02. The van der Waals surface area contributed by atoms with E-state index in [-0.39, 0.29) is 11.4 Å². The Bertz CT molecular complexity index is 851. The Hall–Kier alpha value is -2.80. The minimum atomic E-state index is -0.565. The molecule has 1 saturated heterocycles. The molecule has 25 heavy (non-hydrogen) atoms. The number of fused-ring (bicyclic) bond motifs is 3. The predicted molar refractivity (Wildman–Crippen MR) is 92.0 cm³/mol. The van der Waals surface area contributed by atoms with Crippen LogP contribution in [0.3, 0.4) is 0 Å². The maximum atomic E-state index is 6.02. The Kier molecular flexibility index (Phi) is 2.96. The first kappa shape index (κ1) is 14.5. The van der Waals surface area contributed by atoms with E-state index in [0.29, 0.717) is 26.4 Å². The lowest BCUT2D eigenvalue weighted by Crippen LogP contribution is -2.63. The number of aromatic nitrogens is 1. The standard InChI is InChI=1S/C18H18N4O3/c19-16-22-18(11-25-16)13-7-12(21-15-3-1-2-6-20-15)4-5-14(13)24-10-17(18)8-23-9-17/h1-7H,8-11H2,(H2,19,22)(H,20,21). The van der Waals surface area contributed by atoms with Crippen LogP contribution in [0.4, 0.5) is 11.5 Å². The van der Waals surface area contributed by atoms with Crippen LogP contribution in [0.1, 0.15) is 5.56 Å². The highest BCUT2D eigenvalue weighted by atomic mass is 16.5. The number of benzene rings is 1. The van der Waals surface area contributed by atoms with Gasteiger partial charge in [-0.2, -0.15) is 0 Å². The molecule has 3 N–H and O–H groups in total. The number of pyridine rings is 1. The van der Waals surface area contributed by atoms with Crippen LogP contribution < -0.4 is 15.8 Å². The number of hydrogen-bond donors (Lipinski definition) is 2. The minimum Gasteiger partial charge on any atom is -0.492 e. The second-order valence-corrected chi connectivity index (χ2v) is 6.71. The van der Waals surface area contributed by atoms with Crippen molar-refractivity contribution in [2.45, 2.75) is 5.54 Å². The fourth-order valence-electron chi connectivity index (χ4n) is 3.77. The van der Waals surface area contributed by atoms with Crippen molar-refractivity contribution >= 4 is 17.5 Å². The number of hydrogen-bond acceptors (Lipinski definition) is 7. The van der Waals surface area contributed by atoms with Crippen molar-refractivity contribution in [1.82, 2.24) is 4.98 Å². The molecule has 2 spiro atoms. The lowest BCUT2D eigenvalue weighted by molar-refractivity contribution is -0.184. The van der Waals surface area contributed by atoms with E-state index in [1.165, 1.54) is 0 Å². The number of nitrogens with one attached hydrogen (secondary N) is 1. The maximum absolute atomic E-state index is 6.02. The second kappa shape index (κ2) is 5.10. The van der Waals surface area contributed by atoms with Gasteiger partial charge >= 0.3 is 0 Å². The minimum absolute atomic E-state index is 0.224. The predicted octanol–water partition coefficient (Wildman–Crippen LogP) is 1.77. The molecule has 0 bridgehead atoms. The highest BCUT2D eigenvalue weighted by molar-refractivity contribution is 5.75. The van der Waals surface area contributed by atoms with Crippen LogP contribution in [0.5, 0.6) is 5.75 Å². The monoisotopic (exact) mass is 338 g/mol. The molecule has 0 amide bonds. The summed E-state index contributed by atoms with van der Waals surface area (Å²) in [5.41, 5.74) is 6.97. The van der Waals surface area contributed by atoms with Gasteiger partial charge < -0.3 is 25.3 Å². The molecule has 7 nitrogen and oxygen atoms in total. The molecule has 7 heteroatoms. The van der Waals surface area contributed by atoms with Crippen molar-refractivity contribution in [3.63, 3.8) is 0 Å². The van der Waals surface area contributed by atoms with Crippen LogP contribution in [0.2, 0.25) is 0 Å². The second-order valence-electron chi connectivity index (χ2n) is 6.71. The molecular weight excluding hydrogens is 320 g/mol. The molecule has 2 aromatic rings. The molecule has 0 aliphatic carbocycles. The SMILES string of the molecule is NC1=NC2(CO1)c1cc(Nc3ccccn3)ccc1OCC21COC1. The molecular formula is C18H18N4O3. The van der Waals surface area contributed by atoms with E-state index < -0.39 is 5.54 Å². The lowest BCUT2D eigenvalue weighted by Gasteiger charge is -2.53. The van der Waals surface area contributed by atoms with Gasteiger partial charge in [0.2, 0.25) is 0 Å². The Morgan fingerprint density at radius 1 is 1.04 bits per heavy atom. The van der Waals surface area contributed by atoms with Crippen LogP contribution in [0.25, 0.3) is 0 Å². The summed E-state index contributed by atoms with van der Waals surface area (Å²) < 4.78 is 17.1. The zero-order chi connectivity index (χ0) is 16.9. The van der Waals surface area contributed by atoms with E-state index in [2.05, 4.69) is 16.4 Å². The third kappa shape index (κ3) is 2.02. The lowest BCUT2D eigenvalue weighted by atomic mass is 9.64. The molecule has 128 valence electrons. The Balaban J connectivity index is 1.59. The smallest absolute Gasteiger partial charge is 0.283 e. The molecule has 0 radical (unpaired) electrons. The van der Waals surface area contributed by atoms with Crippen LogP contribution in [0.15, 0.2) is 47.6 Å². The third-order valence-corrected chi connectivity index (χ3v) is 5.23. The zero-order valence-electron chi connectivity index (χ0n) is 13.6. The summed E-state index contributed by atoms with van der Waals surface area (Å²) in [6.45, 7) is 2.13. The summed E-state index contributed by atoms with van der Waals surface area (Å²) in [5, 5.41) is 3.32. The van der Waals surface area contributed by atoms with Crippen molar-refractivity contribution in [2.24, 2.45) is 16.1 Å². The van der Waals surface area contributed by atoms with Crippen molar-refractivity contribution in [1.29, 1.82) is 0 Å². The largest absolute Gasteiger partial charge is 0.492 e. The van der Waals surface area contributed by atoms with E-state index in [9.17, 15) is 0 Å². The van der Waals surface area contributed by atoms with E-state index in [1.807, 2.05) is 30.3 Å². The average Bonchev–Trinajstić information content (AvgIpc) is 2.98. The number of nitrogens with two attached hydrogens (primary N) is 1. The molecule has 1 fully saturated rings. The van der Waals surface area contributed by atoms with Gasteiger partial charge in [-0.05, 0) is 30.3 Å². The van der Waals surface area contributed by atoms with Gasteiger partial charge in [-0.25, -0.2) is 9.98 Å². The molecule has 3 aliphatic rings. The van der Waals surface area contributed by atoms with E-state index in [0.717, 1.165) is 22.8 Å². The van der Waals surface area contributed by atoms with E-state index in [4.69, 9.17) is 24.9 Å². The summed E-state index contributed by atoms with van der Waals surface area (Å²) >= 11 is 0. The first-order valence-electron chi connectivity index (χ1n) is 8.22. The van der Waals surface area contributed by atoms with E-state index >= 15 is 0 Å². The third-order valence-electron chi connectivity index (χ3n) is 5.23. The van der Waals surface area contributed by atoms with Crippen molar-refractivity contribution in [3.05, 3.63) is 48.2 Å². The molecule has 1 aromatic carbocycles. The van der Waals surface area contributed by atoms with Crippen molar-refractivity contribution in [2.75, 3.05) is 31.7 Å². The first-order chi connectivity index (χ1) is 12.2. The Morgan fingerprint density at radius 2 is 1.96 bits per heavy atom. The van der Waals surface area contributed by atoms with Gasteiger partial charge in [-0.3, -0.25) is 0 Å². The zero-order valence-corrected chi connectivity index (χ0v) is 13.6. The van der Waals surface area contributed by atoms with Crippen LogP contribution in [0, 0.1) is 5.41 Å². The fraction of sp³-hybridized carbons (Fsp3) is 0.333. The van der Waals surface area contributed by atoms with Crippen molar-refractivity contribution < 1.29 is 14.2 Å². The molecule has 5 rings (SSSR count). The topological polar surface area (TPSA) is 91.0 Å². The quantitative estimate of drug-likeness (QED) is 0.867. The molecule has 1 aromatic heterocycles. The summed E-state index contributed by atoms with van der Waals surface area (Å²) in [6.07, 6.45) is 1.75. The van der Waals surface area contributed by atoms with Gasteiger partial charge in [0, 0.05) is 17.4 Å². The van der Waals surface area contributed by atoms with Crippen LogP contribution >= 0.6 is 0 Å². The summed E-state index contributed by atoms with van der Waals surface area (Å²) in [6, 6.07) is 11.9. The first-order valence-corrected chi connectivity index (χ1v) is 8.22. The highest BCUT2D eigenvalue weighted by Gasteiger charge is 2.63. The van der Waals surface area contributed by atoms with E-state index in [1.54, 1.807) is 6.20 Å². The number of ether oxygens (including phenoxy) is 3. The molecule has 0 saturated carbocycles. The van der Waals surface area contributed by atoms with Gasteiger partial charge in [-0.1, -0.05) is 6.07 Å². The molecule has 3 aliphatic heterocycles. The van der Waals surface area contributed by atoms with Crippen molar-refractivity contribution in [3.8, 4) is 5.75 Å². The molecule has 1 atom stereocenters. The average molecular weight is 338 g/mol. The number of nitrogens with zero attached hydrogens (tertiary/aromatic N) is 2. The highest BCUT2D eigenvalue weighted by Crippen LogP contribution is 2.56. The number of anilines is 2. The van der Waals surface area contributed by atoms with Crippen LogP contribution in [-0.2, 0) is 15.0 Å². The maximum Gasteiger partial charge on any atom is 0.283 e. The van der Waals surface area contributed by atoms with Crippen LogP contribution in [-0.4, -0.2) is 37.4 Å². The summed E-state index contributed by atoms with van der Waals surface area (Å²) in [7, 11) is 0. The molecule has 1 unspecified atom stereocenters. The summed E-state index contributed by atoms with van der Waals surface area (Å²) in [5.74, 6) is 1.59.